The number of rotatable bonds is 6. The molecule has 3 aromatic rings. The molecule has 164 valence electrons. The maximum absolute atomic E-state index is 10.8. The van der Waals surface area contributed by atoms with E-state index in [0.717, 1.165) is 56.6 Å². The van der Waals surface area contributed by atoms with Gasteiger partial charge in [0.15, 0.2) is 5.52 Å². The summed E-state index contributed by atoms with van der Waals surface area (Å²) >= 11 is 1.67. The highest BCUT2D eigenvalue weighted by molar-refractivity contribution is 7.22. The van der Waals surface area contributed by atoms with Crippen LogP contribution < -0.4 is 33.8 Å². The molecule has 10 heteroatoms. The molecular weight excluding hydrogens is 443 g/mol. The molecule has 0 fully saturated rings. The Labute approximate surface area is 192 Å². The van der Waals surface area contributed by atoms with E-state index >= 15 is 0 Å². The molecule has 0 aliphatic rings. The molecule has 0 atom stereocenters. The van der Waals surface area contributed by atoms with Gasteiger partial charge in [-0.3, -0.25) is 5.32 Å². The second-order valence-electron chi connectivity index (χ2n) is 6.87. The van der Waals surface area contributed by atoms with Crippen LogP contribution in [0.1, 0.15) is 37.8 Å². The molecule has 6 N–H and O–H groups in total. The summed E-state index contributed by atoms with van der Waals surface area (Å²) < 4.78 is 3.24. The number of nitrogens with one attached hydrogen (secondary N) is 1. The normalized spacial score (nSPS) is 11.1. The number of aromatic hydroxyl groups is 1. The van der Waals surface area contributed by atoms with Crippen molar-refractivity contribution in [3.05, 3.63) is 29.3 Å². The summed E-state index contributed by atoms with van der Waals surface area (Å²) in [5, 5.41) is 25.0. The van der Waals surface area contributed by atoms with Crippen molar-refractivity contribution in [3.8, 4) is 5.75 Å². The fourth-order valence-electron chi connectivity index (χ4n) is 3.22. The van der Waals surface area contributed by atoms with Gasteiger partial charge in [0, 0.05) is 16.3 Å². The molecule has 0 saturated heterocycles. The molecule has 30 heavy (non-hydrogen) atoms. The van der Waals surface area contributed by atoms with Crippen LogP contribution in [0.2, 0.25) is 0 Å². The van der Waals surface area contributed by atoms with Gasteiger partial charge >= 0.3 is 5.13 Å². The number of fused-ring (bicyclic) bond motifs is 3. The summed E-state index contributed by atoms with van der Waals surface area (Å²) in [5.41, 5.74) is 14.3. The molecule has 2 aromatic carbocycles. The Bertz CT molecular complexity index is 1110. The Morgan fingerprint density at radius 1 is 1.23 bits per heavy atom. The molecule has 1 aromatic heterocycles. The van der Waals surface area contributed by atoms with Crippen molar-refractivity contribution in [2.24, 2.45) is 28.7 Å². The van der Waals surface area contributed by atoms with Crippen LogP contribution in [0.4, 0.5) is 5.13 Å². The number of hydrogen-bond acceptors (Lipinski definition) is 5. The Morgan fingerprint density at radius 3 is 2.57 bits per heavy atom. The number of guanidine groups is 1. The van der Waals surface area contributed by atoms with Gasteiger partial charge in [-0.25, -0.2) is 4.57 Å². The van der Waals surface area contributed by atoms with Crippen LogP contribution in [0.15, 0.2) is 28.4 Å². The third-order valence-corrected chi connectivity index (χ3v) is 6.13. The number of benzene rings is 2. The van der Waals surface area contributed by atoms with E-state index in [1.54, 1.807) is 11.3 Å². The van der Waals surface area contributed by atoms with Gasteiger partial charge in [-0.1, -0.05) is 19.4 Å². The van der Waals surface area contributed by atoms with Gasteiger partial charge in [0.05, 0.1) is 24.0 Å². The van der Waals surface area contributed by atoms with Crippen LogP contribution in [0.3, 0.4) is 0 Å². The molecule has 7 nitrogen and oxygen atoms in total. The van der Waals surface area contributed by atoms with Gasteiger partial charge in [0.2, 0.25) is 5.96 Å². The van der Waals surface area contributed by atoms with Crippen molar-refractivity contribution in [1.82, 2.24) is 0 Å². The van der Waals surface area contributed by atoms with Gasteiger partial charge in [-0.15, -0.1) is 17.5 Å². The van der Waals surface area contributed by atoms with Crippen molar-refractivity contribution >= 4 is 61.5 Å². The summed E-state index contributed by atoms with van der Waals surface area (Å²) in [6, 6.07) is 5.87. The fourth-order valence-corrected chi connectivity index (χ4v) is 4.41. The lowest BCUT2D eigenvalue weighted by atomic mass is 10.0. The van der Waals surface area contributed by atoms with Crippen LogP contribution >= 0.6 is 23.7 Å². The van der Waals surface area contributed by atoms with Crippen LogP contribution in [-0.2, 0) is 7.05 Å². The van der Waals surface area contributed by atoms with Crippen molar-refractivity contribution in [3.63, 3.8) is 0 Å². The predicted octanol–water partition coefficient (Wildman–Crippen LogP) is 0.528. The Hall–Kier alpha value is -2.29. The summed E-state index contributed by atoms with van der Waals surface area (Å²) in [5.74, 6) is 0.234. The first-order valence-electron chi connectivity index (χ1n) is 9.30. The molecule has 0 saturated carbocycles. The highest BCUT2D eigenvalue weighted by Gasteiger charge is 2.22. The molecule has 0 bridgehead atoms. The van der Waals surface area contributed by atoms with Crippen LogP contribution in [0.5, 0.6) is 5.75 Å². The number of hydrogen-bond donors (Lipinski definition) is 4. The highest BCUT2D eigenvalue weighted by atomic mass is 35.5. The average Bonchev–Trinajstić information content (AvgIpc) is 3.00. The lowest BCUT2D eigenvalue weighted by molar-refractivity contribution is -0.625. The zero-order chi connectivity index (χ0) is 20.4. The minimum atomic E-state index is -0.0807. The zero-order valence-corrected chi connectivity index (χ0v) is 19.9. The molecule has 1 heterocycles. The van der Waals surface area contributed by atoms with E-state index in [4.69, 9.17) is 11.5 Å². The second-order valence-corrected chi connectivity index (χ2v) is 7.87. The molecule has 0 unspecified atom stereocenters. The zero-order valence-electron chi connectivity index (χ0n) is 17.5. The van der Waals surface area contributed by atoms with Gasteiger partial charge in [0.25, 0.3) is 0 Å². The van der Waals surface area contributed by atoms with E-state index in [-0.39, 0.29) is 30.8 Å². The van der Waals surface area contributed by atoms with Crippen molar-refractivity contribution in [1.29, 1.82) is 0 Å². The summed E-state index contributed by atoms with van der Waals surface area (Å²) in [4.78, 5) is 0. The van der Waals surface area contributed by atoms with Crippen molar-refractivity contribution in [2.75, 3.05) is 11.9 Å². The first-order chi connectivity index (χ1) is 13.3. The van der Waals surface area contributed by atoms with E-state index in [2.05, 4.69) is 34.1 Å². The van der Waals surface area contributed by atoms with Crippen LogP contribution in [-0.4, -0.2) is 23.3 Å². The quantitative estimate of drug-likeness (QED) is 0.138. The lowest BCUT2D eigenvalue weighted by Gasteiger charge is -2.08. The number of nitrogens with zero attached hydrogens (tertiary/aromatic N) is 3. The average molecular weight is 471 g/mol. The third kappa shape index (κ3) is 4.88. The number of aryl methyl sites for hydroxylation is 2. The number of aromatic nitrogens is 1. The lowest BCUT2D eigenvalue weighted by Crippen LogP contribution is -3.00. The fraction of sp³-hybridized carbons (Fsp3) is 0.350. The van der Waals surface area contributed by atoms with E-state index < -0.39 is 0 Å². The molecule has 0 amide bonds. The Balaban J connectivity index is 0.00000225. The predicted molar refractivity (Wildman–Crippen MR) is 126 cm³/mol. The maximum atomic E-state index is 10.8. The maximum Gasteiger partial charge on any atom is 0.334 e. The minimum absolute atomic E-state index is 0. The second kappa shape index (κ2) is 10.7. The SMILES string of the molecule is CCCCNc1sc2c(C)c(O)c3ccc(/C(C)=N/N=C(N)N)cc3c2[n+]1C.Cl.[Cl-]. The van der Waals surface area contributed by atoms with Gasteiger partial charge in [0.1, 0.15) is 5.75 Å². The molecule has 3 rings (SSSR count). The number of halogens is 2. The van der Waals surface area contributed by atoms with E-state index in [9.17, 15) is 5.11 Å². The first-order valence-corrected chi connectivity index (χ1v) is 10.1. The highest BCUT2D eigenvalue weighted by Crippen LogP contribution is 2.40. The molecule has 0 radical (unpaired) electrons. The smallest absolute Gasteiger partial charge is 0.334 e. The Kier molecular flexibility index (Phi) is 9.14. The number of anilines is 1. The van der Waals surface area contributed by atoms with E-state index in [1.807, 2.05) is 32.0 Å². The molecule has 0 aliphatic carbocycles. The molecule has 0 spiro atoms. The number of phenols is 1. The van der Waals surface area contributed by atoms with Crippen LogP contribution in [0.25, 0.3) is 21.0 Å². The monoisotopic (exact) mass is 470 g/mol. The minimum Gasteiger partial charge on any atom is -1.00 e. The van der Waals surface area contributed by atoms with Gasteiger partial charge in [-0.05, 0) is 49.3 Å². The van der Waals surface area contributed by atoms with E-state index in [0.29, 0.717) is 11.5 Å². The summed E-state index contributed by atoms with van der Waals surface area (Å²) in [6.45, 7) is 6.92. The number of unbranched alkanes of at least 4 members (excludes halogenated alkanes) is 1. The first kappa shape index (κ1) is 25.7. The topological polar surface area (TPSA) is 113 Å². The largest absolute Gasteiger partial charge is 1.00 e. The number of nitrogens with two attached hydrogens (primary N) is 2. The Morgan fingerprint density at radius 2 is 1.93 bits per heavy atom. The van der Waals surface area contributed by atoms with Gasteiger partial charge in [-0.2, -0.15) is 5.10 Å². The third-order valence-electron chi connectivity index (χ3n) is 4.82. The van der Waals surface area contributed by atoms with E-state index in [1.165, 1.54) is 0 Å². The van der Waals surface area contributed by atoms with Crippen molar-refractivity contribution < 1.29 is 22.1 Å². The number of phenolic OH excluding ortho intramolecular Hbond substituents is 1. The van der Waals surface area contributed by atoms with Gasteiger partial charge < -0.3 is 29.0 Å². The molecular formula is C20H28Cl2N6OS. The molecule has 0 aliphatic heterocycles. The summed E-state index contributed by atoms with van der Waals surface area (Å²) in [7, 11) is 2.05. The van der Waals surface area contributed by atoms with Crippen LogP contribution in [0, 0.1) is 6.92 Å². The number of thiazole rings is 1. The summed E-state index contributed by atoms with van der Waals surface area (Å²) in [6.07, 6.45) is 2.26. The van der Waals surface area contributed by atoms with Crippen molar-refractivity contribution in [2.45, 2.75) is 33.6 Å². The standard InChI is InChI=1S/C20H26N6OS.2ClH/c1-5-6-9-23-20-26(4)16-15-10-13(12(3)24-25-19(21)22)7-8-14(15)17(27)11(2)18(16)28-20;;/h7-8,10H,5-6,9H2,1-4H3,(H5,21,22,25,27);2*1H/b24-12+;;.